The van der Waals surface area contributed by atoms with Crippen LogP contribution in [0, 0.1) is 12.3 Å². The highest BCUT2D eigenvalue weighted by molar-refractivity contribution is 5.93. The molecular formula is C20H20O3. The molecule has 0 aliphatic carbocycles. The molecule has 2 aromatic rings. The fourth-order valence-electron chi connectivity index (χ4n) is 1.97. The van der Waals surface area contributed by atoms with E-state index >= 15 is 0 Å². The highest BCUT2D eigenvalue weighted by atomic mass is 16.6. The summed E-state index contributed by atoms with van der Waals surface area (Å²) in [6, 6.07) is 14.8. The van der Waals surface area contributed by atoms with Crippen molar-refractivity contribution in [3.8, 4) is 18.1 Å². The summed E-state index contributed by atoms with van der Waals surface area (Å²) in [5.41, 5.74) is 1.38. The number of benzene rings is 2. The zero-order chi connectivity index (χ0) is 16.9. The Balaban J connectivity index is 2.24. The third-order valence-electron chi connectivity index (χ3n) is 3.00. The molecule has 2 aromatic carbocycles. The van der Waals surface area contributed by atoms with E-state index in [1.807, 2.05) is 51.1 Å². The summed E-state index contributed by atoms with van der Waals surface area (Å²) in [6.45, 7) is 5.83. The van der Waals surface area contributed by atoms with E-state index in [0.29, 0.717) is 23.5 Å². The van der Waals surface area contributed by atoms with Gasteiger partial charge in [0.05, 0.1) is 0 Å². The summed E-state index contributed by atoms with van der Waals surface area (Å²) in [5.74, 6) is 2.54. The summed E-state index contributed by atoms with van der Waals surface area (Å²) < 4.78 is 11.2. The molecule has 0 aliphatic rings. The first-order chi connectivity index (χ1) is 10.9. The molecule has 0 radical (unpaired) electrons. The SMILES string of the molecule is C#Cc1ccc(OCc2ccccc2)c(C(=O)OC(C)(C)C)c1. The van der Waals surface area contributed by atoms with Crippen molar-refractivity contribution in [1.82, 2.24) is 0 Å². The van der Waals surface area contributed by atoms with Crippen LogP contribution in [0.1, 0.15) is 42.3 Å². The molecule has 0 fully saturated rings. The fraction of sp³-hybridized carbons (Fsp3) is 0.250. The van der Waals surface area contributed by atoms with E-state index in [1.54, 1.807) is 18.2 Å². The van der Waals surface area contributed by atoms with Gasteiger partial charge in [0.25, 0.3) is 0 Å². The van der Waals surface area contributed by atoms with Crippen LogP contribution in [-0.4, -0.2) is 11.6 Å². The predicted molar refractivity (Wildman–Crippen MR) is 90.3 cm³/mol. The van der Waals surface area contributed by atoms with Crippen molar-refractivity contribution < 1.29 is 14.3 Å². The first-order valence-corrected chi connectivity index (χ1v) is 7.40. The van der Waals surface area contributed by atoms with Gasteiger partial charge in [-0.1, -0.05) is 36.3 Å². The van der Waals surface area contributed by atoms with E-state index in [1.165, 1.54) is 0 Å². The lowest BCUT2D eigenvalue weighted by atomic mass is 10.1. The molecule has 3 nitrogen and oxygen atoms in total. The van der Waals surface area contributed by atoms with Crippen molar-refractivity contribution in [1.29, 1.82) is 0 Å². The molecule has 0 amide bonds. The summed E-state index contributed by atoms with van der Waals surface area (Å²) >= 11 is 0. The van der Waals surface area contributed by atoms with Crippen molar-refractivity contribution in [2.75, 3.05) is 0 Å². The smallest absolute Gasteiger partial charge is 0.342 e. The summed E-state index contributed by atoms with van der Waals surface area (Å²) in [4.78, 5) is 12.4. The number of carbonyl (C=O) groups excluding carboxylic acids is 1. The van der Waals surface area contributed by atoms with Crippen molar-refractivity contribution in [2.45, 2.75) is 33.0 Å². The second kappa shape index (κ2) is 7.02. The van der Waals surface area contributed by atoms with Gasteiger partial charge in [-0.2, -0.15) is 0 Å². The molecule has 0 saturated carbocycles. The van der Waals surface area contributed by atoms with Crippen LogP contribution in [0.2, 0.25) is 0 Å². The number of terminal acetylenes is 1. The van der Waals surface area contributed by atoms with Crippen LogP contribution in [0.4, 0.5) is 0 Å². The maximum absolute atomic E-state index is 12.4. The van der Waals surface area contributed by atoms with Gasteiger partial charge in [0.15, 0.2) is 0 Å². The van der Waals surface area contributed by atoms with Crippen molar-refractivity contribution >= 4 is 5.97 Å². The van der Waals surface area contributed by atoms with E-state index in [0.717, 1.165) is 5.56 Å². The average Bonchev–Trinajstić information content (AvgIpc) is 2.52. The van der Waals surface area contributed by atoms with Crippen LogP contribution in [0.25, 0.3) is 0 Å². The third-order valence-corrected chi connectivity index (χ3v) is 3.00. The Labute approximate surface area is 137 Å². The molecule has 2 rings (SSSR count). The zero-order valence-electron chi connectivity index (χ0n) is 13.6. The minimum Gasteiger partial charge on any atom is -0.488 e. The van der Waals surface area contributed by atoms with Crippen LogP contribution >= 0.6 is 0 Å². The Morgan fingerprint density at radius 2 is 1.83 bits per heavy atom. The van der Waals surface area contributed by atoms with Gasteiger partial charge in [-0.25, -0.2) is 4.79 Å². The molecule has 0 atom stereocenters. The second-order valence-electron chi connectivity index (χ2n) is 6.13. The molecule has 0 aliphatic heterocycles. The molecule has 3 heteroatoms. The minimum absolute atomic E-state index is 0.339. The highest BCUT2D eigenvalue weighted by Gasteiger charge is 2.21. The van der Waals surface area contributed by atoms with Gasteiger partial charge in [-0.3, -0.25) is 0 Å². The maximum Gasteiger partial charge on any atom is 0.342 e. The van der Waals surface area contributed by atoms with Crippen LogP contribution in [0.3, 0.4) is 0 Å². The Morgan fingerprint density at radius 1 is 1.13 bits per heavy atom. The zero-order valence-corrected chi connectivity index (χ0v) is 13.6. The summed E-state index contributed by atoms with van der Waals surface area (Å²) in [6.07, 6.45) is 5.42. The van der Waals surface area contributed by atoms with Gasteiger partial charge in [-0.15, -0.1) is 6.42 Å². The highest BCUT2D eigenvalue weighted by Crippen LogP contribution is 2.24. The summed E-state index contributed by atoms with van der Waals surface area (Å²) in [7, 11) is 0. The van der Waals surface area contributed by atoms with Gasteiger partial charge >= 0.3 is 5.97 Å². The van der Waals surface area contributed by atoms with Crippen LogP contribution in [0.15, 0.2) is 48.5 Å². The normalized spacial score (nSPS) is 10.7. The molecule has 23 heavy (non-hydrogen) atoms. The molecule has 0 N–H and O–H groups in total. The Kier molecular flexibility index (Phi) is 5.08. The van der Waals surface area contributed by atoms with Gasteiger partial charge in [0, 0.05) is 5.56 Å². The van der Waals surface area contributed by atoms with Gasteiger partial charge < -0.3 is 9.47 Å². The number of ether oxygens (including phenoxy) is 2. The van der Waals surface area contributed by atoms with Crippen molar-refractivity contribution in [2.24, 2.45) is 0 Å². The van der Waals surface area contributed by atoms with Crippen LogP contribution < -0.4 is 4.74 Å². The Bertz CT molecular complexity index is 719. The van der Waals surface area contributed by atoms with E-state index < -0.39 is 11.6 Å². The lowest BCUT2D eigenvalue weighted by Gasteiger charge is -2.20. The average molecular weight is 308 g/mol. The molecular weight excluding hydrogens is 288 g/mol. The molecule has 118 valence electrons. The fourth-order valence-corrected chi connectivity index (χ4v) is 1.97. The molecule has 0 bridgehead atoms. The molecule has 0 saturated heterocycles. The molecule has 0 unspecified atom stereocenters. The number of esters is 1. The maximum atomic E-state index is 12.4. The first-order valence-electron chi connectivity index (χ1n) is 7.40. The largest absolute Gasteiger partial charge is 0.488 e. The third kappa shape index (κ3) is 4.89. The van der Waals surface area contributed by atoms with Crippen LogP contribution in [-0.2, 0) is 11.3 Å². The van der Waals surface area contributed by atoms with E-state index in [4.69, 9.17) is 15.9 Å². The number of rotatable bonds is 4. The lowest BCUT2D eigenvalue weighted by Crippen LogP contribution is -2.24. The van der Waals surface area contributed by atoms with Gasteiger partial charge in [0.2, 0.25) is 0 Å². The second-order valence-corrected chi connectivity index (χ2v) is 6.13. The quantitative estimate of drug-likeness (QED) is 0.627. The Morgan fingerprint density at radius 3 is 2.43 bits per heavy atom. The first kappa shape index (κ1) is 16.6. The molecule has 0 heterocycles. The summed E-state index contributed by atoms with van der Waals surface area (Å²) in [5, 5.41) is 0. The molecule has 0 aromatic heterocycles. The Hall–Kier alpha value is -2.73. The number of hydrogen-bond acceptors (Lipinski definition) is 3. The van der Waals surface area contributed by atoms with E-state index in [-0.39, 0.29) is 0 Å². The standard InChI is InChI=1S/C20H20O3/c1-5-15-11-12-18(22-14-16-9-7-6-8-10-16)17(13-15)19(21)23-20(2,3)4/h1,6-13H,14H2,2-4H3. The number of hydrogen-bond donors (Lipinski definition) is 0. The lowest BCUT2D eigenvalue weighted by molar-refractivity contribution is 0.00654. The van der Waals surface area contributed by atoms with E-state index in [2.05, 4.69) is 5.92 Å². The van der Waals surface area contributed by atoms with Crippen molar-refractivity contribution in [3.05, 3.63) is 65.2 Å². The van der Waals surface area contributed by atoms with E-state index in [9.17, 15) is 4.79 Å². The van der Waals surface area contributed by atoms with Crippen molar-refractivity contribution in [3.63, 3.8) is 0 Å². The molecule has 0 spiro atoms. The van der Waals surface area contributed by atoms with Crippen LogP contribution in [0.5, 0.6) is 5.75 Å². The number of carbonyl (C=O) groups is 1. The minimum atomic E-state index is -0.583. The monoisotopic (exact) mass is 308 g/mol. The topological polar surface area (TPSA) is 35.5 Å². The van der Waals surface area contributed by atoms with Gasteiger partial charge in [0.1, 0.15) is 23.5 Å². The predicted octanol–water partition coefficient (Wildman–Crippen LogP) is 4.20. The van der Waals surface area contributed by atoms with Gasteiger partial charge in [-0.05, 0) is 44.5 Å².